The van der Waals surface area contributed by atoms with Crippen molar-refractivity contribution in [2.75, 3.05) is 45.3 Å². The highest BCUT2D eigenvalue weighted by Crippen LogP contribution is 2.35. The fraction of sp³-hybridized carbons (Fsp3) is 0.467. The van der Waals surface area contributed by atoms with Gasteiger partial charge in [0.25, 0.3) is 5.91 Å². The Kier molecular flexibility index (Phi) is 8.87. The number of carbonyl (C=O) groups excluding carboxylic acids is 1. The van der Waals surface area contributed by atoms with Gasteiger partial charge in [-0.2, -0.15) is 0 Å². The van der Waals surface area contributed by atoms with Gasteiger partial charge in [0.15, 0.2) is 11.5 Å². The first-order valence-electron chi connectivity index (χ1n) is 13.4. The molecule has 7 nitrogen and oxygen atoms in total. The number of pyridine rings is 1. The molecule has 4 rings (SSSR count). The number of nitrogens with one attached hydrogen (secondary N) is 1. The molecule has 1 atom stereocenters. The van der Waals surface area contributed by atoms with E-state index in [1.54, 1.807) is 14.2 Å². The van der Waals surface area contributed by atoms with Gasteiger partial charge in [-0.05, 0) is 81.2 Å². The number of aromatic nitrogens is 1. The number of benzene rings is 2. The highest BCUT2D eigenvalue weighted by atomic mass is 16.5. The van der Waals surface area contributed by atoms with E-state index < -0.39 is 0 Å². The van der Waals surface area contributed by atoms with E-state index in [0.29, 0.717) is 12.1 Å². The average Bonchev–Trinajstić information content (AvgIpc) is 2.93. The number of para-hydroxylation sites is 1. The minimum Gasteiger partial charge on any atom is -0.493 e. The number of ether oxygens (including phenoxy) is 2. The van der Waals surface area contributed by atoms with Gasteiger partial charge in [-0.3, -0.25) is 4.79 Å². The number of amides is 1. The third kappa shape index (κ3) is 6.16. The van der Waals surface area contributed by atoms with Crippen LogP contribution in [0.2, 0.25) is 0 Å². The van der Waals surface area contributed by atoms with Crippen LogP contribution in [0.25, 0.3) is 10.9 Å². The zero-order valence-electron chi connectivity index (χ0n) is 22.8. The van der Waals surface area contributed by atoms with Crippen LogP contribution in [-0.4, -0.2) is 62.2 Å². The summed E-state index contributed by atoms with van der Waals surface area (Å²) in [4.78, 5) is 23.1. The van der Waals surface area contributed by atoms with Crippen molar-refractivity contribution in [2.45, 2.75) is 52.6 Å². The molecule has 0 aliphatic carbocycles. The van der Waals surface area contributed by atoms with Crippen LogP contribution in [0.3, 0.4) is 0 Å². The van der Waals surface area contributed by atoms with E-state index >= 15 is 0 Å². The van der Waals surface area contributed by atoms with Crippen LogP contribution in [0.5, 0.6) is 11.5 Å². The largest absolute Gasteiger partial charge is 0.493 e. The van der Waals surface area contributed by atoms with Gasteiger partial charge in [0.05, 0.1) is 25.3 Å². The number of fused-ring (bicyclic) bond motifs is 2. The summed E-state index contributed by atoms with van der Waals surface area (Å²) >= 11 is 0. The van der Waals surface area contributed by atoms with E-state index in [1.807, 2.05) is 30.3 Å². The fourth-order valence-corrected chi connectivity index (χ4v) is 5.12. The van der Waals surface area contributed by atoms with Gasteiger partial charge in [-0.1, -0.05) is 32.0 Å². The van der Waals surface area contributed by atoms with Crippen LogP contribution >= 0.6 is 0 Å². The van der Waals surface area contributed by atoms with Crippen molar-refractivity contribution in [3.8, 4) is 11.5 Å². The van der Waals surface area contributed by atoms with Crippen LogP contribution in [0.1, 0.15) is 55.1 Å². The zero-order valence-corrected chi connectivity index (χ0v) is 22.8. The van der Waals surface area contributed by atoms with Crippen molar-refractivity contribution in [2.24, 2.45) is 0 Å². The second kappa shape index (κ2) is 12.3. The Hall–Kier alpha value is -3.32. The highest BCUT2D eigenvalue weighted by molar-refractivity contribution is 6.07. The van der Waals surface area contributed by atoms with E-state index in [-0.39, 0.29) is 11.9 Å². The molecule has 7 heteroatoms. The molecule has 0 spiro atoms. The number of anilines is 1. The molecule has 1 N–H and O–H groups in total. The first-order chi connectivity index (χ1) is 18.0. The van der Waals surface area contributed by atoms with Gasteiger partial charge >= 0.3 is 0 Å². The van der Waals surface area contributed by atoms with E-state index in [9.17, 15) is 4.79 Å². The number of hydrogen-bond acceptors (Lipinski definition) is 6. The normalized spacial score (nSPS) is 13.9. The van der Waals surface area contributed by atoms with Gasteiger partial charge in [0.1, 0.15) is 5.82 Å². The second-order valence-electron chi connectivity index (χ2n) is 9.74. The Bertz CT molecular complexity index is 1220. The molecule has 1 aliphatic heterocycles. The van der Waals surface area contributed by atoms with Crippen molar-refractivity contribution in [3.63, 3.8) is 0 Å². The minimum atomic E-state index is -0.0426. The van der Waals surface area contributed by atoms with E-state index in [1.165, 1.54) is 11.1 Å². The quantitative estimate of drug-likeness (QED) is 0.394. The molecule has 0 fully saturated rings. The van der Waals surface area contributed by atoms with Crippen molar-refractivity contribution in [1.82, 2.24) is 15.2 Å². The van der Waals surface area contributed by atoms with Crippen molar-refractivity contribution < 1.29 is 14.3 Å². The lowest BCUT2D eigenvalue weighted by atomic mass is 9.98. The first kappa shape index (κ1) is 26.7. The molecular formula is C30H40N4O3. The molecule has 1 aliphatic rings. The number of methoxy groups -OCH3 is 2. The number of carbonyl (C=O) groups is 1. The summed E-state index contributed by atoms with van der Waals surface area (Å²) in [6, 6.07) is 14.1. The highest BCUT2D eigenvalue weighted by Gasteiger charge is 2.23. The van der Waals surface area contributed by atoms with Crippen molar-refractivity contribution >= 4 is 22.6 Å². The van der Waals surface area contributed by atoms with Gasteiger partial charge in [0.2, 0.25) is 0 Å². The maximum absolute atomic E-state index is 13.5. The molecule has 1 amide bonds. The predicted molar refractivity (Wildman–Crippen MR) is 150 cm³/mol. The van der Waals surface area contributed by atoms with Crippen molar-refractivity contribution in [1.29, 1.82) is 0 Å². The molecule has 3 aromatic rings. The van der Waals surface area contributed by atoms with Gasteiger partial charge in [0, 0.05) is 24.5 Å². The van der Waals surface area contributed by atoms with Crippen LogP contribution < -0.4 is 19.7 Å². The summed E-state index contributed by atoms with van der Waals surface area (Å²) in [5, 5.41) is 4.12. The third-order valence-corrected chi connectivity index (χ3v) is 7.37. The molecule has 0 bridgehead atoms. The lowest BCUT2D eigenvalue weighted by molar-refractivity contribution is 0.0939. The van der Waals surface area contributed by atoms with E-state index in [2.05, 4.69) is 48.0 Å². The standard InChI is InChI=1S/C30H40N4O3/c1-6-33(7-2)15-10-11-21(3)31-30(35)25-19-29(32-26-13-9-8-12-24(25)26)34-16-14-22-17-27(36-4)28(37-5)18-23(22)20-34/h8-9,12-13,17-19,21H,6-7,10-11,14-16,20H2,1-5H3,(H,31,35)/t21-/m1/s1. The lowest BCUT2D eigenvalue weighted by Crippen LogP contribution is -2.34. The topological polar surface area (TPSA) is 66.9 Å². The number of hydrogen-bond donors (Lipinski definition) is 1. The zero-order chi connectivity index (χ0) is 26.4. The lowest BCUT2D eigenvalue weighted by Gasteiger charge is -2.31. The maximum atomic E-state index is 13.5. The minimum absolute atomic E-state index is 0.0426. The monoisotopic (exact) mass is 504 g/mol. The van der Waals surface area contributed by atoms with Gasteiger partial charge in [-0.15, -0.1) is 0 Å². The second-order valence-corrected chi connectivity index (χ2v) is 9.74. The fourth-order valence-electron chi connectivity index (χ4n) is 5.12. The van der Waals surface area contributed by atoms with Crippen LogP contribution in [-0.2, 0) is 13.0 Å². The first-order valence-corrected chi connectivity index (χ1v) is 13.4. The summed E-state index contributed by atoms with van der Waals surface area (Å²) in [5.74, 6) is 2.26. The molecule has 0 saturated heterocycles. The molecule has 2 aromatic carbocycles. The molecule has 0 radical (unpaired) electrons. The SMILES string of the molecule is CCN(CC)CCC[C@@H](C)NC(=O)c1cc(N2CCc3cc(OC)c(OC)cc3C2)nc2ccccc12. The van der Waals surface area contributed by atoms with Crippen LogP contribution in [0.15, 0.2) is 42.5 Å². The molecule has 1 aromatic heterocycles. The predicted octanol–water partition coefficient (Wildman–Crippen LogP) is 5.06. The summed E-state index contributed by atoms with van der Waals surface area (Å²) < 4.78 is 11.0. The summed E-state index contributed by atoms with van der Waals surface area (Å²) in [7, 11) is 3.32. The smallest absolute Gasteiger partial charge is 0.252 e. The summed E-state index contributed by atoms with van der Waals surface area (Å²) in [6.07, 6.45) is 2.88. The molecular weight excluding hydrogens is 464 g/mol. The molecule has 198 valence electrons. The van der Waals surface area contributed by atoms with E-state index in [4.69, 9.17) is 14.5 Å². The average molecular weight is 505 g/mol. The van der Waals surface area contributed by atoms with Crippen molar-refractivity contribution in [3.05, 3.63) is 59.2 Å². The molecule has 2 heterocycles. The van der Waals surface area contributed by atoms with E-state index in [0.717, 1.165) is 73.7 Å². The molecule has 0 saturated carbocycles. The number of nitrogens with zero attached hydrogens (tertiary/aromatic N) is 3. The third-order valence-electron chi connectivity index (χ3n) is 7.37. The summed E-state index contributed by atoms with van der Waals surface area (Å²) in [5.41, 5.74) is 3.95. The Morgan fingerprint density at radius 2 is 1.78 bits per heavy atom. The summed E-state index contributed by atoms with van der Waals surface area (Å²) in [6.45, 7) is 11.2. The maximum Gasteiger partial charge on any atom is 0.252 e. The Balaban J connectivity index is 1.55. The Morgan fingerprint density at radius 3 is 2.49 bits per heavy atom. The van der Waals surface area contributed by atoms with Gasteiger partial charge < -0.3 is 24.6 Å². The Morgan fingerprint density at radius 1 is 1.08 bits per heavy atom. The molecule has 0 unspecified atom stereocenters. The van der Waals surface area contributed by atoms with Crippen LogP contribution in [0, 0.1) is 0 Å². The van der Waals surface area contributed by atoms with Gasteiger partial charge in [-0.25, -0.2) is 4.98 Å². The molecule has 37 heavy (non-hydrogen) atoms. The van der Waals surface area contributed by atoms with Crippen LogP contribution in [0.4, 0.5) is 5.82 Å². The Labute approximate surface area is 220 Å². The number of rotatable bonds is 11.